The van der Waals surface area contributed by atoms with Crippen molar-refractivity contribution in [3.63, 3.8) is 0 Å². The molecule has 2 bridgehead atoms. The van der Waals surface area contributed by atoms with Crippen LogP contribution in [0.15, 0.2) is 12.1 Å². The maximum Gasteiger partial charge on any atom is 0.174 e. The second kappa shape index (κ2) is 4.08. The molecule has 1 aromatic rings. The molecule has 1 aromatic carbocycles. The molecule has 5 rings (SSSR count). The highest BCUT2D eigenvalue weighted by molar-refractivity contribution is 5.89. The summed E-state index contributed by atoms with van der Waals surface area (Å²) >= 11 is 0. The van der Waals surface area contributed by atoms with Crippen molar-refractivity contribution in [2.24, 2.45) is 0 Å². The van der Waals surface area contributed by atoms with Gasteiger partial charge >= 0.3 is 0 Å². The molecular formula is C18H21NO4. The van der Waals surface area contributed by atoms with Crippen LogP contribution in [0, 0.1) is 0 Å². The molecule has 2 N–H and O–H groups in total. The number of aromatic hydroxyl groups is 1. The predicted octanol–water partition coefficient (Wildman–Crippen LogP) is 1.14. The van der Waals surface area contributed by atoms with Crippen LogP contribution in [0.25, 0.3) is 0 Å². The zero-order valence-electron chi connectivity index (χ0n) is 13.2. The molecule has 4 atom stereocenters. The van der Waals surface area contributed by atoms with Gasteiger partial charge in [-0.1, -0.05) is 6.07 Å². The van der Waals surface area contributed by atoms with E-state index in [4.69, 9.17) is 4.74 Å². The lowest BCUT2D eigenvalue weighted by atomic mass is 9.51. The first kappa shape index (κ1) is 13.8. The third-order valence-electron chi connectivity index (χ3n) is 6.75. The Bertz CT molecular complexity index is 732. The number of hydrogen-bond acceptors (Lipinski definition) is 5. The lowest BCUT2D eigenvalue weighted by Crippen LogP contribution is -2.71. The average Bonchev–Trinajstić information content (AvgIpc) is 2.86. The van der Waals surface area contributed by atoms with E-state index in [1.54, 1.807) is 6.07 Å². The summed E-state index contributed by atoms with van der Waals surface area (Å²) in [6, 6.07) is 3.59. The molecule has 0 amide bonds. The van der Waals surface area contributed by atoms with Crippen LogP contribution in [0.1, 0.15) is 36.8 Å². The minimum Gasteiger partial charge on any atom is -0.504 e. The number of likely N-dealkylation sites (N-methyl/N-ethyl adjacent to an activating group) is 1. The van der Waals surface area contributed by atoms with Gasteiger partial charge < -0.3 is 19.8 Å². The number of aliphatic hydroxyl groups is 1. The molecule has 23 heavy (non-hydrogen) atoms. The van der Waals surface area contributed by atoms with E-state index in [2.05, 4.69) is 11.9 Å². The number of nitrogens with zero attached hydrogens (tertiary/aromatic N) is 1. The second-order valence-corrected chi connectivity index (χ2v) is 7.61. The summed E-state index contributed by atoms with van der Waals surface area (Å²) in [5.74, 6) is 0.573. The van der Waals surface area contributed by atoms with Gasteiger partial charge in [-0.25, -0.2) is 0 Å². The van der Waals surface area contributed by atoms with Crippen molar-refractivity contribution in [2.75, 3.05) is 13.6 Å². The summed E-state index contributed by atoms with van der Waals surface area (Å²) in [5.41, 5.74) is 0.352. The van der Waals surface area contributed by atoms with E-state index >= 15 is 0 Å². The Kier molecular flexibility index (Phi) is 2.45. The summed E-state index contributed by atoms with van der Waals surface area (Å²) in [4.78, 5) is 14.9. The predicted molar refractivity (Wildman–Crippen MR) is 82.7 cm³/mol. The van der Waals surface area contributed by atoms with Crippen molar-refractivity contribution in [3.05, 3.63) is 23.3 Å². The maximum atomic E-state index is 12.6. The zero-order chi connectivity index (χ0) is 16.0. The molecule has 0 unspecified atom stereocenters. The Morgan fingerprint density at radius 2 is 2.17 bits per heavy atom. The third kappa shape index (κ3) is 1.36. The van der Waals surface area contributed by atoms with E-state index < -0.39 is 17.1 Å². The average molecular weight is 315 g/mol. The van der Waals surface area contributed by atoms with Crippen molar-refractivity contribution in [1.82, 2.24) is 4.90 Å². The Morgan fingerprint density at radius 3 is 3.00 bits per heavy atom. The summed E-state index contributed by atoms with van der Waals surface area (Å²) in [6.07, 6.45) is 2.55. The molecular weight excluding hydrogens is 294 g/mol. The highest BCUT2D eigenvalue weighted by atomic mass is 16.5. The van der Waals surface area contributed by atoms with Gasteiger partial charge in [-0.3, -0.25) is 4.79 Å². The smallest absolute Gasteiger partial charge is 0.174 e. The normalized spacial score (nSPS) is 41.2. The molecule has 1 saturated heterocycles. The zero-order valence-corrected chi connectivity index (χ0v) is 13.2. The molecule has 1 spiro atoms. The molecule has 122 valence electrons. The van der Waals surface area contributed by atoms with Gasteiger partial charge in [-0.15, -0.1) is 0 Å². The van der Waals surface area contributed by atoms with Crippen molar-refractivity contribution < 1.29 is 19.7 Å². The Hall–Kier alpha value is -1.59. The van der Waals surface area contributed by atoms with Gasteiger partial charge in [-0.05, 0) is 50.9 Å². The number of phenolic OH excluding ortho intramolecular Hbond substituents is 1. The highest BCUT2D eigenvalue weighted by Crippen LogP contribution is 2.64. The molecule has 2 fully saturated rings. The van der Waals surface area contributed by atoms with Crippen molar-refractivity contribution in [2.45, 2.75) is 55.3 Å². The quantitative estimate of drug-likeness (QED) is 0.751. The van der Waals surface area contributed by atoms with Crippen LogP contribution in [-0.4, -0.2) is 52.2 Å². The molecule has 0 aromatic heterocycles. The van der Waals surface area contributed by atoms with Crippen LogP contribution >= 0.6 is 0 Å². The first-order chi connectivity index (χ1) is 11.0. The highest BCUT2D eigenvalue weighted by Gasteiger charge is 2.71. The second-order valence-electron chi connectivity index (χ2n) is 7.61. The van der Waals surface area contributed by atoms with Crippen LogP contribution < -0.4 is 4.74 Å². The largest absolute Gasteiger partial charge is 0.504 e. The number of hydrogen-bond donors (Lipinski definition) is 2. The van der Waals surface area contributed by atoms with Crippen LogP contribution in [0.4, 0.5) is 0 Å². The molecule has 4 aliphatic rings. The monoisotopic (exact) mass is 315 g/mol. The van der Waals surface area contributed by atoms with Gasteiger partial charge in [0.25, 0.3) is 0 Å². The van der Waals surface area contributed by atoms with Gasteiger partial charge in [0.15, 0.2) is 23.4 Å². The van der Waals surface area contributed by atoms with E-state index in [1.165, 1.54) is 0 Å². The van der Waals surface area contributed by atoms with Crippen LogP contribution in [-0.2, 0) is 16.6 Å². The fourth-order valence-electron chi connectivity index (χ4n) is 5.79. The Morgan fingerprint density at radius 1 is 1.35 bits per heavy atom. The van der Waals surface area contributed by atoms with Crippen molar-refractivity contribution in [3.8, 4) is 11.5 Å². The van der Waals surface area contributed by atoms with Gasteiger partial charge in [0, 0.05) is 18.0 Å². The lowest BCUT2D eigenvalue weighted by Gasteiger charge is -2.56. The summed E-state index contributed by atoms with van der Waals surface area (Å²) < 4.78 is 6.00. The van der Waals surface area contributed by atoms with E-state index in [9.17, 15) is 15.0 Å². The Labute approximate surface area is 134 Å². The first-order valence-electron chi connectivity index (χ1n) is 8.46. The number of ketones is 1. The SMILES string of the molecule is CN1CCC[C@]23c4c5ccc(O)c4O[C@H]2C(=O)CC[C@@]3(O)[C@H]1C5. The lowest BCUT2D eigenvalue weighted by molar-refractivity contribution is -0.164. The number of benzene rings is 1. The number of carbonyl (C=O) groups is 1. The van der Waals surface area contributed by atoms with Gasteiger partial charge in [-0.2, -0.15) is 0 Å². The third-order valence-corrected chi connectivity index (χ3v) is 6.75. The van der Waals surface area contributed by atoms with Crippen LogP contribution in [0.2, 0.25) is 0 Å². The maximum absolute atomic E-state index is 12.6. The van der Waals surface area contributed by atoms with Gasteiger partial charge in [0.05, 0.1) is 11.0 Å². The summed E-state index contributed by atoms with van der Waals surface area (Å²) in [7, 11) is 2.06. The molecule has 1 saturated carbocycles. The van der Waals surface area contributed by atoms with Crippen LogP contribution in [0.3, 0.4) is 0 Å². The molecule has 2 aliphatic heterocycles. The first-order valence-corrected chi connectivity index (χ1v) is 8.46. The summed E-state index contributed by atoms with van der Waals surface area (Å²) in [6.45, 7) is 0.908. The van der Waals surface area contributed by atoms with E-state index in [-0.39, 0.29) is 17.6 Å². The van der Waals surface area contributed by atoms with Gasteiger partial charge in [0.1, 0.15) is 0 Å². The minimum absolute atomic E-state index is 0.00723. The molecule has 5 nitrogen and oxygen atoms in total. The topological polar surface area (TPSA) is 70.0 Å². The molecule has 2 heterocycles. The standard InChI is InChI=1S/C18H21NO4/c1-19-8-2-6-17-14-10-3-4-11(20)15(14)23-16(17)12(21)5-7-18(17,22)13(19)9-10/h3-4,13,16,20,22H,2,5-9H2,1H3/t13-,16+,17+,18-/m1/s1. The summed E-state index contributed by atoms with van der Waals surface area (Å²) in [5, 5.41) is 22.1. The number of likely N-dealkylation sites (tertiary alicyclic amines) is 1. The van der Waals surface area contributed by atoms with Crippen molar-refractivity contribution >= 4 is 5.78 Å². The Balaban J connectivity index is 1.88. The number of ether oxygens (including phenoxy) is 1. The fourth-order valence-corrected chi connectivity index (χ4v) is 5.79. The van der Waals surface area contributed by atoms with Gasteiger partial charge in [0.2, 0.25) is 0 Å². The number of Topliss-reactive ketones (excluding diaryl/α,β-unsaturated/α-hetero) is 1. The minimum atomic E-state index is -0.969. The van der Waals surface area contributed by atoms with Crippen molar-refractivity contribution in [1.29, 1.82) is 0 Å². The van der Waals surface area contributed by atoms with E-state index in [1.807, 2.05) is 6.07 Å². The number of rotatable bonds is 0. The number of phenols is 1. The van der Waals surface area contributed by atoms with Crippen LogP contribution in [0.5, 0.6) is 11.5 Å². The molecule has 2 aliphatic carbocycles. The number of carbonyl (C=O) groups excluding carboxylic acids is 1. The fraction of sp³-hybridized carbons (Fsp3) is 0.611. The van der Waals surface area contributed by atoms with E-state index in [0.717, 1.165) is 36.9 Å². The molecule has 5 heteroatoms. The molecule has 0 radical (unpaired) electrons. The van der Waals surface area contributed by atoms with E-state index in [0.29, 0.717) is 18.6 Å².